The van der Waals surface area contributed by atoms with Gasteiger partial charge in [0.05, 0.1) is 23.8 Å². The number of aliphatic imine (C=N–C) groups is 1. The Balaban J connectivity index is 1.87. The average molecular weight is 388 g/mol. The Bertz CT molecular complexity index is 785. The van der Waals surface area contributed by atoms with Crippen molar-refractivity contribution in [1.82, 2.24) is 20.4 Å². The number of nitro groups is 1. The molecule has 2 aromatic rings. The van der Waals surface area contributed by atoms with Gasteiger partial charge in [-0.15, -0.1) is 0 Å². The second kappa shape index (κ2) is 11.0. The van der Waals surface area contributed by atoms with Crippen molar-refractivity contribution in [3.8, 4) is 0 Å². The van der Waals surface area contributed by atoms with Gasteiger partial charge in [-0.2, -0.15) is 5.10 Å². The highest BCUT2D eigenvalue weighted by molar-refractivity contribution is 5.79. The Morgan fingerprint density at radius 3 is 2.57 bits per heavy atom. The van der Waals surface area contributed by atoms with E-state index in [0.29, 0.717) is 25.7 Å². The molecule has 0 amide bonds. The first-order chi connectivity index (χ1) is 13.5. The highest BCUT2D eigenvalue weighted by Crippen LogP contribution is 2.12. The molecular weight excluding hydrogens is 360 g/mol. The number of nitrogens with zero attached hydrogens (tertiary/aromatic N) is 4. The van der Waals surface area contributed by atoms with Crippen molar-refractivity contribution >= 4 is 11.6 Å². The highest BCUT2D eigenvalue weighted by Gasteiger charge is 2.05. The summed E-state index contributed by atoms with van der Waals surface area (Å²) in [5.41, 5.74) is 3.16. The third-order valence-electron chi connectivity index (χ3n) is 4.11. The molecule has 1 aromatic heterocycles. The summed E-state index contributed by atoms with van der Waals surface area (Å²) in [4.78, 5) is 14.9. The van der Waals surface area contributed by atoms with Crippen LogP contribution in [0.4, 0.5) is 5.69 Å². The smallest absolute Gasteiger partial charge is 0.269 e. The minimum atomic E-state index is -0.408. The predicted molar refractivity (Wildman–Crippen MR) is 108 cm³/mol. The summed E-state index contributed by atoms with van der Waals surface area (Å²) >= 11 is 0. The maximum Gasteiger partial charge on any atom is 0.269 e. The summed E-state index contributed by atoms with van der Waals surface area (Å²) in [5.74, 6) is 0.684. The average Bonchev–Trinajstić information content (AvgIpc) is 3.00. The Kier molecular flexibility index (Phi) is 8.41. The number of aromatic nitrogens is 2. The fourth-order valence-corrected chi connectivity index (χ4v) is 2.68. The molecule has 0 spiro atoms. The lowest BCUT2D eigenvalue weighted by Crippen LogP contribution is -2.39. The number of nitrogens with one attached hydrogen (secondary N) is 2. The SMILES string of the molecule is COCCNC(=NCc1ccc([N+](=O)[O-])cc1)NCCCn1nc(C)cc1C. The quantitative estimate of drug-likeness (QED) is 0.212. The normalized spacial score (nSPS) is 11.5. The first kappa shape index (κ1) is 21.4. The maximum absolute atomic E-state index is 10.7. The number of benzene rings is 1. The van der Waals surface area contributed by atoms with Crippen molar-refractivity contribution in [3.05, 3.63) is 57.4 Å². The monoisotopic (exact) mass is 388 g/mol. The molecule has 0 fully saturated rings. The molecule has 0 atom stereocenters. The van der Waals surface area contributed by atoms with E-state index in [0.717, 1.165) is 36.5 Å². The molecule has 1 aromatic carbocycles. The van der Waals surface area contributed by atoms with Gasteiger partial charge in [-0.3, -0.25) is 14.8 Å². The Labute approximate surface area is 165 Å². The largest absolute Gasteiger partial charge is 0.383 e. The number of rotatable bonds is 10. The molecule has 0 unspecified atom stereocenters. The highest BCUT2D eigenvalue weighted by atomic mass is 16.6. The molecule has 9 heteroatoms. The Hall–Kier alpha value is -2.94. The van der Waals surface area contributed by atoms with Crippen LogP contribution in [-0.2, 0) is 17.8 Å². The molecule has 0 aliphatic rings. The van der Waals surface area contributed by atoms with Gasteiger partial charge in [-0.05, 0) is 31.9 Å². The van der Waals surface area contributed by atoms with E-state index in [1.807, 2.05) is 11.6 Å². The van der Waals surface area contributed by atoms with Crippen LogP contribution in [0.1, 0.15) is 23.4 Å². The molecule has 152 valence electrons. The molecule has 0 saturated heterocycles. The molecule has 2 rings (SSSR count). The molecule has 0 aliphatic heterocycles. The van der Waals surface area contributed by atoms with Crippen LogP contribution in [0.15, 0.2) is 35.3 Å². The number of aryl methyl sites for hydroxylation is 3. The second-order valence-electron chi connectivity index (χ2n) is 6.44. The molecule has 0 bridgehead atoms. The number of nitro benzene ring substituents is 1. The standard InChI is InChI=1S/C19H28N6O3/c1-15-13-16(2)24(23-15)11-4-9-20-19(21-10-12-28-3)22-14-17-5-7-18(8-6-17)25(26)27/h5-8,13H,4,9-12,14H2,1-3H3,(H2,20,21,22). The van der Waals surface area contributed by atoms with Gasteiger partial charge in [0.25, 0.3) is 5.69 Å². The summed E-state index contributed by atoms with van der Waals surface area (Å²) in [5, 5.41) is 21.7. The molecule has 0 saturated carbocycles. The zero-order valence-electron chi connectivity index (χ0n) is 16.6. The molecule has 1 heterocycles. The van der Waals surface area contributed by atoms with Crippen molar-refractivity contribution in [2.45, 2.75) is 33.4 Å². The van der Waals surface area contributed by atoms with Crippen LogP contribution in [0.3, 0.4) is 0 Å². The third-order valence-corrected chi connectivity index (χ3v) is 4.11. The van der Waals surface area contributed by atoms with Crippen LogP contribution >= 0.6 is 0 Å². The zero-order valence-corrected chi connectivity index (χ0v) is 16.6. The first-order valence-electron chi connectivity index (χ1n) is 9.25. The van der Waals surface area contributed by atoms with Crippen LogP contribution in [0.25, 0.3) is 0 Å². The number of ether oxygens (including phenoxy) is 1. The number of non-ortho nitro benzene ring substituents is 1. The fourth-order valence-electron chi connectivity index (χ4n) is 2.68. The maximum atomic E-state index is 10.7. The fraction of sp³-hybridized carbons (Fsp3) is 0.474. The minimum absolute atomic E-state index is 0.0773. The second-order valence-corrected chi connectivity index (χ2v) is 6.44. The topological polar surface area (TPSA) is 107 Å². The van der Waals surface area contributed by atoms with Crippen LogP contribution < -0.4 is 10.6 Å². The van der Waals surface area contributed by atoms with Crippen molar-refractivity contribution in [2.24, 2.45) is 4.99 Å². The van der Waals surface area contributed by atoms with Gasteiger partial charge in [0, 0.05) is 44.6 Å². The Morgan fingerprint density at radius 1 is 1.25 bits per heavy atom. The van der Waals surface area contributed by atoms with Gasteiger partial charge >= 0.3 is 0 Å². The van der Waals surface area contributed by atoms with E-state index in [1.54, 1.807) is 19.2 Å². The lowest BCUT2D eigenvalue weighted by molar-refractivity contribution is -0.384. The van der Waals surface area contributed by atoms with Gasteiger partial charge in [0.15, 0.2) is 5.96 Å². The summed E-state index contributed by atoms with van der Waals surface area (Å²) < 4.78 is 7.07. The summed E-state index contributed by atoms with van der Waals surface area (Å²) in [6.45, 7) is 7.26. The van der Waals surface area contributed by atoms with Crippen LogP contribution in [0, 0.1) is 24.0 Å². The summed E-state index contributed by atoms with van der Waals surface area (Å²) in [6, 6.07) is 8.49. The molecule has 2 N–H and O–H groups in total. The van der Waals surface area contributed by atoms with Crippen LogP contribution in [0.5, 0.6) is 0 Å². The lowest BCUT2D eigenvalue weighted by atomic mass is 10.2. The molecule has 0 radical (unpaired) electrons. The molecular formula is C19H28N6O3. The number of hydrogen-bond acceptors (Lipinski definition) is 5. The van der Waals surface area contributed by atoms with E-state index < -0.39 is 4.92 Å². The van der Waals surface area contributed by atoms with Gasteiger partial charge in [0.1, 0.15) is 0 Å². The van der Waals surface area contributed by atoms with E-state index in [4.69, 9.17) is 4.74 Å². The molecule has 9 nitrogen and oxygen atoms in total. The van der Waals surface area contributed by atoms with E-state index in [2.05, 4.69) is 33.7 Å². The van der Waals surface area contributed by atoms with Crippen molar-refractivity contribution in [1.29, 1.82) is 0 Å². The van der Waals surface area contributed by atoms with Crippen LogP contribution in [-0.4, -0.2) is 47.5 Å². The minimum Gasteiger partial charge on any atom is -0.383 e. The zero-order chi connectivity index (χ0) is 20.4. The number of guanidine groups is 1. The van der Waals surface area contributed by atoms with Gasteiger partial charge in [-0.25, -0.2) is 4.99 Å². The summed E-state index contributed by atoms with van der Waals surface area (Å²) in [7, 11) is 1.65. The van der Waals surface area contributed by atoms with E-state index in [9.17, 15) is 10.1 Å². The molecule has 28 heavy (non-hydrogen) atoms. The van der Waals surface area contributed by atoms with Crippen molar-refractivity contribution in [2.75, 3.05) is 26.8 Å². The number of methoxy groups -OCH3 is 1. The third kappa shape index (κ3) is 6.99. The molecule has 0 aliphatic carbocycles. The van der Waals surface area contributed by atoms with Crippen molar-refractivity contribution in [3.63, 3.8) is 0 Å². The lowest BCUT2D eigenvalue weighted by Gasteiger charge is -2.13. The Morgan fingerprint density at radius 2 is 1.96 bits per heavy atom. The van der Waals surface area contributed by atoms with Gasteiger partial charge in [0.2, 0.25) is 0 Å². The van der Waals surface area contributed by atoms with Gasteiger partial charge in [-0.1, -0.05) is 12.1 Å². The number of hydrogen-bond donors (Lipinski definition) is 2. The van der Waals surface area contributed by atoms with Crippen molar-refractivity contribution < 1.29 is 9.66 Å². The van der Waals surface area contributed by atoms with E-state index >= 15 is 0 Å². The van der Waals surface area contributed by atoms with Gasteiger partial charge < -0.3 is 15.4 Å². The predicted octanol–water partition coefficient (Wildman–Crippen LogP) is 2.18. The van der Waals surface area contributed by atoms with E-state index in [-0.39, 0.29) is 5.69 Å². The van der Waals surface area contributed by atoms with Crippen LogP contribution in [0.2, 0.25) is 0 Å². The summed E-state index contributed by atoms with van der Waals surface area (Å²) in [6.07, 6.45) is 0.907. The van der Waals surface area contributed by atoms with E-state index in [1.165, 1.54) is 12.1 Å². The first-order valence-corrected chi connectivity index (χ1v) is 9.25.